The molecule has 4 rings (SSSR count). The minimum Gasteiger partial charge on any atom is -0.352 e. The number of aromatic nitrogens is 7. The van der Waals surface area contributed by atoms with E-state index in [4.69, 9.17) is 0 Å². The number of carbonyl (C=O) groups is 1. The summed E-state index contributed by atoms with van der Waals surface area (Å²) in [4.78, 5) is 17.1. The second kappa shape index (κ2) is 7.86. The molecule has 0 radical (unpaired) electrons. The van der Waals surface area contributed by atoms with Gasteiger partial charge in [-0.25, -0.2) is 9.50 Å². The van der Waals surface area contributed by atoms with Crippen molar-refractivity contribution >= 4 is 11.6 Å². The number of rotatable bonds is 7. The molecular formula is C20H24N8O. The zero-order valence-electron chi connectivity index (χ0n) is 16.8. The maximum absolute atomic E-state index is 12.7. The molecule has 4 aromatic heterocycles. The highest BCUT2D eigenvalue weighted by atomic mass is 16.1. The van der Waals surface area contributed by atoms with Gasteiger partial charge in [0.05, 0.1) is 17.6 Å². The predicted molar refractivity (Wildman–Crippen MR) is 109 cm³/mol. The first kappa shape index (κ1) is 18.9. The monoisotopic (exact) mass is 392 g/mol. The van der Waals surface area contributed by atoms with Crippen LogP contribution < -0.4 is 5.32 Å². The van der Waals surface area contributed by atoms with Gasteiger partial charge in [-0.3, -0.25) is 14.2 Å². The van der Waals surface area contributed by atoms with Gasteiger partial charge in [0.1, 0.15) is 5.56 Å². The van der Waals surface area contributed by atoms with Crippen molar-refractivity contribution in [1.29, 1.82) is 0 Å². The fourth-order valence-electron chi connectivity index (χ4n) is 3.35. The molecule has 1 N–H and O–H groups in total. The van der Waals surface area contributed by atoms with Crippen molar-refractivity contribution < 1.29 is 4.79 Å². The van der Waals surface area contributed by atoms with E-state index in [0.29, 0.717) is 17.8 Å². The highest BCUT2D eigenvalue weighted by Gasteiger charge is 2.17. The SMILES string of the molecule is CCn1cc(-c2ccnc3c(C(=O)NCCCn4nccc4C)cnn23)c(C)n1. The summed E-state index contributed by atoms with van der Waals surface area (Å²) in [6, 6.07) is 3.85. The number of fused-ring (bicyclic) bond motifs is 1. The lowest BCUT2D eigenvalue weighted by atomic mass is 10.2. The molecule has 0 saturated carbocycles. The Morgan fingerprint density at radius 3 is 2.76 bits per heavy atom. The van der Waals surface area contributed by atoms with Crippen LogP contribution in [-0.2, 0) is 13.1 Å². The van der Waals surface area contributed by atoms with Gasteiger partial charge in [-0.1, -0.05) is 0 Å². The highest BCUT2D eigenvalue weighted by molar-refractivity contribution is 5.99. The zero-order valence-corrected chi connectivity index (χ0v) is 16.8. The molecule has 4 aromatic rings. The standard InChI is InChI=1S/C20H24N8O/c1-4-26-13-17(15(3)25-26)18-7-9-21-19-16(12-24-28(18)19)20(29)22-8-5-11-27-14(2)6-10-23-27/h6-7,9-10,12-13H,4-5,8,11H2,1-3H3,(H,22,29). The molecule has 0 aliphatic heterocycles. The van der Waals surface area contributed by atoms with Crippen molar-refractivity contribution in [3.63, 3.8) is 0 Å². The van der Waals surface area contributed by atoms with Crippen molar-refractivity contribution in [2.24, 2.45) is 0 Å². The summed E-state index contributed by atoms with van der Waals surface area (Å²) in [5.74, 6) is -0.178. The first-order valence-corrected chi connectivity index (χ1v) is 9.72. The molecule has 0 spiro atoms. The van der Waals surface area contributed by atoms with E-state index in [1.807, 2.05) is 48.5 Å². The molecule has 0 unspecified atom stereocenters. The van der Waals surface area contributed by atoms with Gasteiger partial charge in [-0.15, -0.1) is 0 Å². The van der Waals surface area contributed by atoms with Gasteiger partial charge in [0.25, 0.3) is 5.91 Å². The third kappa shape index (κ3) is 3.63. The van der Waals surface area contributed by atoms with E-state index in [-0.39, 0.29) is 5.91 Å². The summed E-state index contributed by atoms with van der Waals surface area (Å²) in [5, 5.41) is 16.1. The van der Waals surface area contributed by atoms with Gasteiger partial charge in [0.15, 0.2) is 5.65 Å². The molecular weight excluding hydrogens is 368 g/mol. The Morgan fingerprint density at radius 2 is 2.03 bits per heavy atom. The quantitative estimate of drug-likeness (QED) is 0.487. The van der Waals surface area contributed by atoms with E-state index >= 15 is 0 Å². The normalized spacial score (nSPS) is 11.3. The Hall–Kier alpha value is -3.49. The number of carbonyl (C=O) groups excluding carboxylic acids is 1. The molecule has 0 fully saturated rings. The molecule has 150 valence electrons. The largest absolute Gasteiger partial charge is 0.352 e. The number of aryl methyl sites for hydroxylation is 4. The van der Waals surface area contributed by atoms with Gasteiger partial charge in [0, 0.05) is 49.5 Å². The molecule has 4 heterocycles. The second-order valence-electron chi connectivity index (χ2n) is 6.91. The second-order valence-corrected chi connectivity index (χ2v) is 6.91. The molecule has 29 heavy (non-hydrogen) atoms. The Kier molecular flexibility index (Phi) is 5.11. The summed E-state index contributed by atoms with van der Waals surface area (Å²) in [6.07, 6.45) is 7.83. The minimum absolute atomic E-state index is 0.178. The number of hydrogen-bond donors (Lipinski definition) is 1. The first-order valence-electron chi connectivity index (χ1n) is 9.72. The van der Waals surface area contributed by atoms with Crippen LogP contribution in [0, 0.1) is 13.8 Å². The van der Waals surface area contributed by atoms with Gasteiger partial charge in [-0.2, -0.15) is 15.3 Å². The molecule has 0 bridgehead atoms. The van der Waals surface area contributed by atoms with Gasteiger partial charge < -0.3 is 5.32 Å². The Balaban J connectivity index is 1.50. The average Bonchev–Trinajstić information content (AvgIpc) is 3.43. The number of hydrogen-bond acceptors (Lipinski definition) is 5. The van der Waals surface area contributed by atoms with Crippen molar-refractivity contribution in [2.45, 2.75) is 40.3 Å². The average molecular weight is 392 g/mol. The Bertz CT molecular complexity index is 1150. The number of nitrogens with one attached hydrogen (secondary N) is 1. The van der Waals surface area contributed by atoms with E-state index < -0.39 is 0 Å². The maximum Gasteiger partial charge on any atom is 0.256 e. The molecule has 9 nitrogen and oxygen atoms in total. The first-order chi connectivity index (χ1) is 14.1. The lowest BCUT2D eigenvalue weighted by molar-refractivity contribution is 0.0954. The van der Waals surface area contributed by atoms with Crippen LogP contribution in [0.15, 0.2) is 36.9 Å². The van der Waals surface area contributed by atoms with Crippen molar-refractivity contribution in [3.05, 3.63) is 53.9 Å². The van der Waals surface area contributed by atoms with Gasteiger partial charge in [0.2, 0.25) is 0 Å². The van der Waals surface area contributed by atoms with E-state index in [2.05, 4.69) is 25.6 Å². The van der Waals surface area contributed by atoms with Crippen LogP contribution in [0.5, 0.6) is 0 Å². The highest BCUT2D eigenvalue weighted by Crippen LogP contribution is 2.23. The van der Waals surface area contributed by atoms with Crippen LogP contribution >= 0.6 is 0 Å². The third-order valence-corrected chi connectivity index (χ3v) is 4.95. The van der Waals surface area contributed by atoms with Gasteiger partial charge in [-0.05, 0) is 39.3 Å². The summed E-state index contributed by atoms with van der Waals surface area (Å²) >= 11 is 0. The summed E-state index contributed by atoms with van der Waals surface area (Å²) in [7, 11) is 0. The van der Waals surface area contributed by atoms with Gasteiger partial charge >= 0.3 is 0 Å². The lowest BCUT2D eigenvalue weighted by Crippen LogP contribution is -2.25. The molecule has 1 amide bonds. The molecule has 0 aromatic carbocycles. The number of amides is 1. The number of nitrogens with zero attached hydrogens (tertiary/aromatic N) is 7. The van der Waals surface area contributed by atoms with Crippen LogP contribution in [0.3, 0.4) is 0 Å². The Labute approximate surface area is 168 Å². The molecule has 0 saturated heterocycles. The minimum atomic E-state index is -0.178. The van der Waals surface area contributed by atoms with E-state index in [0.717, 1.165) is 42.2 Å². The third-order valence-electron chi connectivity index (χ3n) is 4.95. The topological polar surface area (TPSA) is 94.9 Å². The van der Waals surface area contributed by atoms with Crippen LogP contribution in [0.25, 0.3) is 16.9 Å². The van der Waals surface area contributed by atoms with Crippen LogP contribution in [-0.4, -0.2) is 46.6 Å². The molecule has 9 heteroatoms. The fourth-order valence-corrected chi connectivity index (χ4v) is 3.35. The van der Waals surface area contributed by atoms with Crippen LogP contribution in [0.2, 0.25) is 0 Å². The van der Waals surface area contributed by atoms with Crippen molar-refractivity contribution in [3.8, 4) is 11.3 Å². The summed E-state index contributed by atoms with van der Waals surface area (Å²) in [6.45, 7) is 8.13. The van der Waals surface area contributed by atoms with E-state index in [1.165, 1.54) is 0 Å². The lowest BCUT2D eigenvalue weighted by Gasteiger charge is -2.06. The summed E-state index contributed by atoms with van der Waals surface area (Å²) in [5.41, 5.74) is 4.85. The van der Waals surface area contributed by atoms with Crippen molar-refractivity contribution in [2.75, 3.05) is 6.54 Å². The maximum atomic E-state index is 12.7. The predicted octanol–water partition coefficient (Wildman–Crippen LogP) is 2.25. The fraction of sp³-hybridized carbons (Fsp3) is 0.350. The van der Waals surface area contributed by atoms with E-state index in [9.17, 15) is 4.79 Å². The summed E-state index contributed by atoms with van der Waals surface area (Å²) < 4.78 is 5.51. The van der Waals surface area contributed by atoms with E-state index in [1.54, 1.807) is 23.1 Å². The molecule has 0 aliphatic carbocycles. The smallest absolute Gasteiger partial charge is 0.256 e. The molecule has 0 aliphatic rings. The van der Waals surface area contributed by atoms with Crippen LogP contribution in [0.1, 0.15) is 35.1 Å². The molecule has 0 atom stereocenters. The Morgan fingerprint density at radius 1 is 1.17 bits per heavy atom. The van der Waals surface area contributed by atoms with Crippen LogP contribution in [0.4, 0.5) is 0 Å². The zero-order chi connectivity index (χ0) is 20.4. The van der Waals surface area contributed by atoms with Crippen molar-refractivity contribution in [1.82, 2.24) is 39.5 Å².